The van der Waals surface area contributed by atoms with E-state index in [1.165, 1.54) is 0 Å². The Morgan fingerprint density at radius 3 is 2.83 bits per heavy atom. The second-order valence-corrected chi connectivity index (χ2v) is 7.30. The molecule has 23 heavy (non-hydrogen) atoms. The maximum atomic E-state index is 13.5. The van der Waals surface area contributed by atoms with E-state index in [1.807, 2.05) is 26.8 Å². The van der Waals surface area contributed by atoms with Gasteiger partial charge in [0.25, 0.3) is 0 Å². The first kappa shape index (κ1) is 17.7. The van der Waals surface area contributed by atoms with Gasteiger partial charge in [-0.3, -0.25) is 0 Å². The van der Waals surface area contributed by atoms with Crippen LogP contribution in [-0.4, -0.2) is 36.2 Å². The SMILES string of the molecule is Cc1ccc(CNCC2CCN(C(=O)OC(C)(C)C)C2)cc1F. The maximum absolute atomic E-state index is 13.5. The van der Waals surface area contributed by atoms with E-state index in [9.17, 15) is 9.18 Å². The van der Waals surface area contributed by atoms with Gasteiger partial charge < -0.3 is 15.0 Å². The van der Waals surface area contributed by atoms with Gasteiger partial charge in [-0.15, -0.1) is 0 Å². The molecule has 1 saturated heterocycles. The first-order valence-corrected chi connectivity index (χ1v) is 8.18. The van der Waals surface area contributed by atoms with E-state index in [-0.39, 0.29) is 11.9 Å². The third-order valence-corrected chi connectivity index (χ3v) is 3.94. The lowest BCUT2D eigenvalue weighted by Gasteiger charge is -2.24. The number of nitrogens with one attached hydrogen (secondary N) is 1. The molecule has 1 unspecified atom stereocenters. The number of amides is 1. The number of benzene rings is 1. The van der Waals surface area contributed by atoms with Crippen LogP contribution < -0.4 is 5.32 Å². The van der Waals surface area contributed by atoms with Crippen molar-refractivity contribution in [2.45, 2.75) is 46.3 Å². The number of hydrogen-bond donors (Lipinski definition) is 1. The largest absolute Gasteiger partial charge is 0.444 e. The highest BCUT2D eigenvalue weighted by Gasteiger charge is 2.29. The number of nitrogens with zero attached hydrogens (tertiary/aromatic N) is 1. The molecule has 0 spiro atoms. The molecule has 1 fully saturated rings. The molecule has 0 aliphatic carbocycles. The summed E-state index contributed by atoms with van der Waals surface area (Å²) in [6.45, 7) is 10.3. The van der Waals surface area contributed by atoms with Crippen LogP contribution in [0, 0.1) is 18.7 Å². The Kier molecular flexibility index (Phi) is 5.63. The number of likely N-dealkylation sites (tertiary alicyclic amines) is 1. The van der Waals surface area contributed by atoms with Gasteiger partial charge in [0, 0.05) is 26.2 Å². The molecular weight excluding hydrogens is 295 g/mol. The normalized spacial score (nSPS) is 18.3. The fourth-order valence-corrected chi connectivity index (χ4v) is 2.66. The van der Waals surface area contributed by atoms with Crippen LogP contribution in [0.4, 0.5) is 9.18 Å². The average Bonchev–Trinajstić information content (AvgIpc) is 2.90. The van der Waals surface area contributed by atoms with E-state index in [0.29, 0.717) is 24.6 Å². The Labute approximate surface area is 138 Å². The zero-order valence-electron chi connectivity index (χ0n) is 14.5. The van der Waals surface area contributed by atoms with E-state index < -0.39 is 5.60 Å². The summed E-state index contributed by atoms with van der Waals surface area (Å²) in [5.41, 5.74) is 1.15. The second-order valence-electron chi connectivity index (χ2n) is 7.30. The fourth-order valence-electron chi connectivity index (χ4n) is 2.66. The quantitative estimate of drug-likeness (QED) is 0.923. The van der Waals surface area contributed by atoms with Crippen LogP contribution in [0.5, 0.6) is 0 Å². The van der Waals surface area contributed by atoms with Crippen molar-refractivity contribution < 1.29 is 13.9 Å². The van der Waals surface area contributed by atoms with Crippen LogP contribution in [-0.2, 0) is 11.3 Å². The second kappa shape index (κ2) is 7.30. The van der Waals surface area contributed by atoms with Gasteiger partial charge in [0.15, 0.2) is 0 Å². The van der Waals surface area contributed by atoms with Crippen LogP contribution in [0.15, 0.2) is 18.2 Å². The fraction of sp³-hybridized carbons (Fsp3) is 0.611. The van der Waals surface area contributed by atoms with Gasteiger partial charge in [-0.2, -0.15) is 0 Å². The van der Waals surface area contributed by atoms with Gasteiger partial charge >= 0.3 is 6.09 Å². The monoisotopic (exact) mass is 322 g/mol. The molecule has 5 heteroatoms. The van der Waals surface area contributed by atoms with E-state index >= 15 is 0 Å². The molecule has 1 aliphatic heterocycles. The number of rotatable bonds is 4. The van der Waals surface area contributed by atoms with Crippen LogP contribution in [0.3, 0.4) is 0 Å². The molecule has 2 rings (SSSR count). The predicted octanol–water partition coefficient (Wildman–Crippen LogP) is 3.48. The van der Waals surface area contributed by atoms with Crippen LogP contribution in [0.1, 0.15) is 38.3 Å². The molecule has 0 saturated carbocycles. The van der Waals surface area contributed by atoms with Crippen molar-refractivity contribution in [3.8, 4) is 0 Å². The number of halogens is 1. The molecule has 0 radical (unpaired) electrons. The molecule has 4 nitrogen and oxygen atoms in total. The van der Waals surface area contributed by atoms with Gasteiger partial charge in [-0.1, -0.05) is 12.1 Å². The van der Waals surface area contributed by atoms with E-state index in [0.717, 1.165) is 25.1 Å². The molecule has 1 atom stereocenters. The number of aryl methyl sites for hydroxylation is 1. The minimum atomic E-state index is -0.455. The zero-order valence-corrected chi connectivity index (χ0v) is 14.5. The lowest BCUT2D eigenvalue weighted by Crippen LogP contribution is -2.36. The van der Waals surface area contributed by atoms with Crippen molar-refractivity contribution in [2.24, 2.45) is 5.92 Å². The maximum Gasteiger partial charge on any atom is 0.410 e. The summed E-state index contributed by atoms with van der Waals surface area (Å²) in [6.07, 6.45) is 0.731. The van der Waals surface area contributed by atoms with Crippen molar-refractivity contribution in [2.75, 3.05) is 19.6 Å². The summed E-state index contributed by atoms with van der Waals surface area (Å²) in [5, 5.41) is 3.35. The molecule has 1 aromatic carbocycles. The van der Waals surface area contributed by atoms with Crippen molar-refractivity contribution in [3.05, 3.63) is 35.1 Å². The van der Waals surface area contributed by atoms with Crippen molar-refractivity contribution in [1.82, 2.24) is 10.2 Å². The van der Waals surface area contributed by atoms with Gasteiger partial charge in [-0.25, -0.2) is 9.18 Å². The molecule has 0 aromatic heterocycles. The standard InChI is InChI=1S/C18H27FN2O2/c1-13-5-6-14(9-16(13)19)10-20-11-15-7-8-21(12-15)17(22)23-18(2,3)4/h5-6,9,15,20H,7-8,10-12H2,1-4H3. The van der Waals surface area contributed by atoms with Gasteiger partial charge in [0.2, 0.25) is 0 Å². The number of carbonyl (C=O) groups excluding carboxylic acids is 1. The minimum absolute atomic E-state index is 0.165. The number of carbonyl (C=O) groups is 1. The molecule has 1 amide bonds. The van der Waals surface area contributed by atoms with E-state index in [4.69, 9.17) is 4.74 Å². The topological polar surface area (TPSA) is 41.6 Å². The van der Waals surface area contributed by atoms with Gasteiger partial charge in [0.05, 0.1) is 0 Å². The van der Waals surface area contributed by atoms with Crippen molar-refractivity contribution in [1.29, 1.82) is 0 Å². The third kappa shape index (κ3) is 5.50. The minimum Gasteiger partial charge on any atom is -0.444 e. The summed E-state index contributed by atoms with van der Waals surface area (Å²) in [5.74, 6) is 0.249. The highest BCUT2D eigenvalue weighted by atomic mass is 19.1. The number of ether oxygens (including phenoxy) is 1. The predicted molar refractivity (Wildman–Crippen MR) is 88.8 cm³/mol. The lowest BCUT2D eigenvalue weighted by atomic mass is 10.1. The van der Waals surface area contributed by atoms with E-state index in [2.05, 4.69) is 5.32 Å². The Morgan fingerprint density at radius 1 is 1.43 bits per heavy atom. The van der Waals surface area contributed by atoms with Crippen LogP contribution in [0.25, 0.3) is 0 Å². The lowest BCUT2D eigenvalue weighted by molar-refractivity contribution is 0.0288. The van der Waals surface area contributed by atoms with Crippen molar-refractivity contribution in [3.63, 3.8) is 0 Å². The summed E-state index contributed by atoms with van der Waals surface area (Å²) in [7, 11) is 0. The summed E-state index contributed by atoms with van der Waals surface area (Å²) >= 11 is 0. The molecule has 128 valence electrons. The Hall–Kier alpha value is -1.62. The highest BCUT2D eigenvalue weighted by molar-refractivity contribution is 5.68. The molecule has 1 aliphatic rings. The molecule has 1 aromatic rings. The molecule has 0 bridgehead atoms. The molecule has 1 heterocycles. The first-order chi connectivity index (χ1) is 10.7. The third-order valence-electron chi connectivity index (χ3n) is 3.94. The van der Waals surface area contributed by atoms with Gasteiger partial charge in [0.1, 0.15) is 11.4 Å². The summed E-state index contributed by atoms with van der Waals surface area (Å²) in [4.78, 5) is 13.8. The summed E-state index contributed by atoms with van der Waals surface area (Å²) in [6, 6.07) is 5.31. The molecular formula is C18H27FN2O2. The molecule has 1 N–H and O–H groups in total. The van der Waals surface area contributed by atoms with Gasteiger partial charge in [-0.05, 0) is 57.2 Å². The smallest absolute Gasteiger partial charge is 0.410 e. The van der Waals surface area contributed by atoms with E-state index in [1.54, 1.807) is 24.0 Å². The van der Waals surface area contributed by atoms with Crippen LogP contribution in [0.2, 0.25) is 0 Å². The van der Waals surface area contributed by atoms with Crippen LogP contribution >= 0.6 is 0 Å². The van der Waals surface area contributed by atoms with Crippen molar-refractivity contribution >= 4 is 6.09 Å². The Balaban J connectivity index is 1.73. The first-order valence-electron chi connectivity index (χ1n) is 8.18. The Bertz CT molecular complexity index is 554. The Morgan fingerprint density at radius 2 is 2.17 bits per heavy atom. The summed E-state index contributed by atoms with van der Waals surface area (Å²) < 4.78 is 18.9. The highest BCUT2D eigenvalue weighted by Crippen LogP contribution is 2.19. The number of hydrogen-bond acceptors (Lipinski definition) is 3. The average molecular weight is 322 g/mol. The zero-order chi connectivity index (χ0) is 17.0.